The molecule has 1 atom stereocenters. The van der Waals surface area contributed by atoms with Gasteiger partial charge in [-0.25, -0.2) is 8.78 Å². The number of hydrogen-bond donors (Lipinski definition) is 1. The van der Waals surface area contributed by atoms with E-state index in [0.29, 0.717) is 22.3 Å². The van der Waals surface area contributed by atoms with Gasteiger partial charge in [-0.05, 0) is 25.1 Å². The Morgan fingerprint density at radius 1 is 0.950 bits per heavy atom. The average molecular weight is 274 g/mol. The minimum atomic E-state index is -1.40. The number of rotatable bonds is 2. The largest absolute Gasteiger partial charge is 0.461 e. The fraction of sp³-hybridized carbons (Fsp3) is 0.125. The highest BCUT2D eigenvalue weighted by Crippen LogP contribution is 2.35. The fourth-order valence-electron chi connectivity index (χ4n) is 2.44. The van der Waals surface area contributed by atoms with E-state index in [1.54, 1.807) is 31.2 Å². The van der Waals surface area contributed by atoms with Crippen molar-refractivity contribution in [3.05, 3.63) is 71.0 Å². The van der Waals surface area contributed by atoms with Gasteiger partial charge in [-0.2, -0.15) is 0 Å². The summed E-state index contributed by atoms with van der Waals surface area (Å²) in [5.74, 6) is -1.11. The lowest BCUT2D eigenvalue weighted by molar-refractivity contribution is 0.208. The number of aliphatic hydroxyl groups excluding tert-OH is 1. The van der Waals surface area contributed by atoms with Crippen LogP contribution in [0, 0.1) is 18.6 Å². The van der Waals surface area contributed by atoms with Crippen molar-refractivity contribution < 1.29 is 18.3 Å². The molecule has 4 heteroatoms. The maximum absolute atomic E-state index is 13.8. The van der Waals surface area contributed by atoms with Crippen LogP contribution >= 0.6 is 0 Å². The van der Waals surface area contributed by atoms with Crippen LogP contribution in [-0.4, -0.2) is 5.11 Å². The lowest BCUT2D eigenvalue weighted by Gasteiger charge is -2.12. The summed E-state index contributed by atoms with van der Waals surface area (Å²) in [6.45, 7) is 1.66. The van der Waals surface area contributed by atoms with E-state index in [1.807, 2.05) is 0 Å². The van der Waals surface area contributed by atoms with Gasteiger partial charge in [-0.15, -0.1) is 0 Å². The van der Waals surface area contributed by atoms with E-state index >= 15 is 0 Å². The number of fused-ring (bicyclic) bond motifs is 1. The van der Waals surface area contributed by atoms with Crippen LogP contribution in [0.3, 0.4) is 0 Å². The quantitative estimate of drug-likeness (QED) is 0.763. The monoisotopic (exact) mass is 274 g/mol. The third kappa shape index (κ3) is 1.89. The topological polar surface area (TPSA) is 33.4 Å². The van der Waals surface area contributed by atoms with Crippen LogP contribution in [0.5, 0.6) is 0 Å². The molecule has 0 aliphatic carbocycles. The molecule has 0 amide bonds. The predicted octanol–water partition coefficient (Wildman–Crippen LogP) is 4.10. The third-order valence-corrected chi connectivity index (χ3v) is 3.37. The van der Waals surface area contributed by atoms with Crippen molar-refractivity contribution in [2.45, 2.75) is 13.0 Å². The first-order valence-electron chi connectivity index (χ1n) is 6.19. The normalized spacial score (nSPS) is 12.8. The van der Waals surface area contributed by atoms with E-state index in [-0.39, 0.29) is 5.56 Å². The first kappa shape index (κ1) is 12.8. The number of aliphatic hydroxyl groups is 1. The van der Waals surface area contributed by atoms with Gasteiger partial charge in [0.1, 0.15) is 29.1 Å². The van der Waals surface area contributed by atoms with E-state index in [4.69, 9.17) is 4.42 Å². The Labute approximate surface area is 114 Å². The molecule has 1 aromatic heterocycles. The molecule has 0 aliphatic rings. The highest BCUT2D eigenvalue weighted by molar-refractivity contribution is 5.83. The molecule has 20 heavy (non-hydrogen) atoms. The van der Waals surface area contributed by atoms with Gasteiger partial charge in [0.15, 0.2) is 0 Å². The van der Waals surface area contributed by atoms with Crippen LogP contribution in [-0.2, 0) is 0 Å². The van der Waals surface area contributed by atoms with Gasteiger partial charge >= 0.3 is 0 Å². The third-order valence-electron chi connectivity index (χ3n) is 3.37. The summed E-state index contributed by atoms with van der Waals surface area (Å²) in [5.41, 5.74) is 0.613. The lowest BCUT2D eigenvalue weighted by Crippen LogP contribution is -2.06. The van der Waals surface area contributed by atoms with Crippen LogP contribution < -0.4 is 0 Å². The second-order valence-corrected chi connectivity index (χ2v) is 4.61. The molecule has 0 saturated carbocycles. The van der Waals surface area contributed by atoms with Gasteiger partial charge < -0.3 is 9.52 Å². The summed E-state index contributed by atoms with van der Waals surface area (Å²) < 4.78 is 33.1. The zero-order valence-corrected chi connectivity index (χ0v) is 10.7. The van der Waals surface area contributed by atoms with Gasteiger partial charge in [0.2, 0.25) is 0 Å². The van der Waals surface area contributed by atoms with Crippen molar-refractivity contribution in [3.63, 3.8) is 0 Å². The molecule has 0 fully saturated rings. The molecule has 2 nitrogen and oxygen atoms in total. The summed E-state index contributed by atoms with van der Waals surface area (Å²) in [6.07, 6.45) is -1.40. The van der Waals surface area contributed by atoms with Crippen LogP contribution in [0.2, 0.25) is 0 Å². The van der Waals surface area contributed by atoms with Gasteiger partial charge in [0, 0.05) is 10.9 Å². The highest BCUT2D eigenvalue weighted by Gasteiger charge is 2.25. The van der Waals surface area contributed by atoms with Gasteiger partial charge in [-0.3, -0.25) is 0 Å². The fourth-order valence-corrected chi connectivity index (χ4v) is 2.44. The van der Waals surface area contributed by atoms with Crippen molar-refractivity contribution in [1.29, 1.82) is 0 Å². The Balaban J connectivity index is 2.23. The maximum atomic E-state index is 13.8. The maximum Gasteiger partial charge on any atom is 0.134 e. The van der Waals surface area contributed by atoms with Gasteiger partial charge in [-0.1, -0.05) is 24.3 Å². The van der Waals surface area contributed by atoms with E-state index in [0.717, 1.165) is 12.1 Å². The van der Waals surface area contributed by atoms with Gasteiger partial charge in [0.25, 0.3) is 0 Å². The zero-order chi connectivity index (χ0) is 14.3. The first-order valence-corrected chi connectivity index (χ1v) is 6.19. The second kappa shape index (κ2) is 4.72. The minimum absolute atomic E-state index is 0.359. The number of hydrogen-bond acceptors (Lipinski definition) is 2. The van der Waals surface area contributed by atoms with Gasteiger partial charge in [0.05, 0.1) is 5.56 Å². The average Bonchev–Trinajstić information content (AvgIpc) is 2.74. The molecule has 0 saturated heterocycles. The predicted molar refractivity (Wildman–Crippen MR) is 71.4 cm³/mol. The Morgan fingerprint density at radius 2 is 1.60 bits per heavy atom. The van der Waals surface area contributed by atoms with E-state index in [1.165, 1.54) is 6.07 Å². The van der Waals surface area contributed by atoms with E-state index in [9.17, 15) is 13.9 Å². The standard InChI is InChI=1S/C16H12F2O2/c1-9-14(10-5-2-3-8-13(10)20-9)16(19)15-11(17)6-4-7-12(15)18/h2-8,16,19H,1H3. The molecule has 102 valence electrons. The molecule has 3 rings (SSSR count). The van der Waals surface area contributed by atoms with Crippen molar-refractivity contribution >= 4 is 11.0 Å². The SMILES string of the molecule is Cc1oc2ccccc2c1C(O)c1c(F)cccc1F. The van der Waals surface area contributed by atoms with E-state index in [2.05, 4.69) is 0 Å². The van der Waals surface area contributed by atoms with Crippen LogP contribution in [0.15, 0.2) is 46.9 Å². The molecule has 1 unspecified atom stereocenters. The number of aryl methyl sites for hydroxylation is 1. The molecular weight excluding hydrogens is 262 g/mol. The molecular formula is C16H12F2O2. The molecule has 3 aromatic rings. The molecule has 0 bridgehead atoms. The molecule has 1 N–H and O–H groups in total. The lowest BCUT2D eigenvalue weighted by atomic mass is 9.98. The number of para-hydroxylation sites is 1. The highest BCUT2D eigenvalue weighted by atomic mass is 19.1. The Hall–Kier alpha value is -2.20. The summed E-state index contributed by atoms with van der Waals surface area (Å²) in [7, 11) is 0. The first-order chi connectivity index (χ1) is 9.59. The minimum Gasteiger partial charge on any atom is -0.461 e. The summed E-state index contributed by atoms with van der Waals surface area (Å²) >= 11 is 0. The number of halogens is 2. The van der Waals surface area contributed by atoms with Crippen molar-refractivity contribution in [2.75, 3.05) is 0 Å². The van der Waals surface area contributed by atoms with E-state index < -0.39 is 17.7 Å². The molecule has 2 aromatic carbocycles. The molecule has 0 aliphatic heterocycles. The summed E-state index contributed by atoms with van der Waals surface area (Å²) in [4.78, 5) is 0. The van der Waals surface area contributed by atoms with Crippen LogP contribution in [0.4, 0.5) is 8.78 Å². The smallest absolute Gasteiger partial charge is 0.134 e. The van der Waals surface area contributed by atoms with Crippen molar-refractivity contribution in [2.24, 2.45) is 0 Å². The molecule has 0 spiro atoms. The summed E-state index contributed by atoms with van der Waals surface area (Å²) in [5, 5.41) is 11.0. The summed E-state index contributed by atoms with van der Waals surface area (Å²) in [6, 6.07) is 10.6. The Morgan fingerprint density at radius 3 is 2.30 bits per heavy atom. The molecule has 1 heterocycles. The van der Waals surface area contributed by atoms with Crippen molar-refractivity contribution in [3.8, 4) is 0 Å². The number of benzene rings is 2. The Kier molecular flexibility index (Phi) is 3.03. The zero-order valence-electron chi connectivity index (χ0n) is 10.7. The van der Waals surface area contributed by atoms with Crippen LogP contribution in [0.1, 0.15) is 23.0 Å². The number of furan rings is 1. The molecule has 0 radical (unpaired) electrons. The Bertz CT molecular complexity index is 757. The van der Waals surface area contributed by atoms with Crippen molar-refractivity contribution in [1.82, 2.24) is 0 Å². The van der Waals surface area contributed by atoms with Crippen LogP contribution in [0.25, 0.3) is 11.0 Å². The second-order valence-electron chi connectivity index (χ2n) is 4.61.